The van der Waals surface area contributed by atoms with Crippen molar-refractivity contribution in [1.82, 2.24) is 0 Å². The zero-order valence-corrected chi connectivity index (χ0v) is 9.21. The van der Waals surface area contributed by atoms with Crippen molar-refractivity contribution in [2.75, 3.05) is 23.7 Å². The highest BCUT2D eigenvalue weighted by atomic mass is 79.9. The maximum Gasteiger partial charge on any atom is 0.0512 e. The van der Waals surface area contributed by atoms with Crippen LogP contribution in [0.1, 0.15) is 6.92 Å². The molecule has 13 heavy (non-hydrogen) atoms. The molecule has 0 bridgehead atoms. The monoisotopic (exact) mass is 240 g/mol. The first-order valence-corrected chi connectivity index (χ1v) is 5.26. The van der Waals surface area contributed by atoms with E-state index in [-0.39, 0.29) is 0 Å². The number of halogens is 1. The number of hydrogen-bond acceptors (Lipinski definition) is 2. The van der Waals surface area contributed by atoms with Crippen LogP contribution in [0, 0.1) is 5.92 Å². The number of nitrogens with two attached hydrogens (primary N) is 1. The first kappa shape index (κ1) is 8.88. The van der Waals surface area contributed by atoms with Crippen LogP contribution in [0.2, 0.25) is 0 Å². The molecule has 0 aliphatic carbocycles. The van der Waals surface area contributed by atoms with Crippen molar-refractivity contribution in [2.24, 2.45) is 5.92 Å². The first-order chi connectivity index (χ1) is 6.16. The summed E-state index contributed by atoms with van der Waals surface area (Å²) in [7, 11) is 0. The molecule has 0 aromatic heterocycles. The predicted molar refractivity (Wildman–Crippen MR) is 59.9 cm³/mol. The van der Waals surface area contributed by atoms with Crippen LogP contribution in [-0.2, 0) is 0 Å². The van der Waals surface area contributed by atoms with Gasteiger partial charge in [0.15, 0.2) is 0 Å². The van der Waals surface area contributed by atoms with Crippen LogP contribution in [0.4, 0.5) is 11.4 Å². The number of rotatable bonds is 1. The van der Waals surface area contributed by atoms with Gasteiger partial charge in [-0.3, -0.25) is 0 Å². The Labute approximate surface area is 86.9 Å². The molecule has 1 fully saturated rings. The summed E-state index contributed by atoms with van der Waals surface area (Å²) in [6.45, 7) is 4.58. The smallest absolute Gasteiger partial charge is 0.0512 e. The normalized spacial score (nSPS) is 17.2. The average Bonchev–Trinajstić information content (AvgIpc) is 2.00. The second-order valence-electron chi connectivity index (χ2n) is 3.72. The Kier molecular flexibility index (Phi) is 2.20. The van der Waals surface area contributed by atoms with E-state index in [0.717, 1.165) is 29.2 Å². The molecule has 1 saturated heterocycles. The fourth-order valence-corrected chi connectivity index (χ4v) is 2.32. The van der Waals surface area contributed by atoms with Crippen molar-refractivity contribution in [3.63, 3.8) is 0 Å². The van der Waals surface area contributed by atoms with Gasteiger partial charge in [0.2, 0.25) is 0 Å². The minimum Gasteiger partial charge on any atom is -0.399 e. The Morgan fingerprint density at radius 1 is 1.46 bits per heavy atom. The van der Waals surface area contributed by atoms with E-state index in [0.29, 0.717) is 0 Å². The molecular weight excluding hydrogens is 228 g/mol. The zero-order valence-electron chi connectivity index (χ0n) is 7.63. The van der Waals surface area contributed by atoms with E-state index in [1.807, 2.05) is 12.1 Å². The lowest BCUT2D eigenvalue weighted by molar-refractivity contribution is 0.447. The fourth-order valence-electron chi connectivity index (χ4n) is 1.68. The molecule has 1 heterocycles. The van der Waals surface area contributed by atoms with E-state index in [9.17, 15) is 0 Å². The van der Waals surface area contributed by atoms with Crippen LogP contribution >= 0.6 is 15.9 Å². The Bertz CT molecular complexity index is 319. The van der Waals surface area contributed by atoms with E-state index in [2.05, 4.69) is 33.8 Å². The number of anilines is 2. The van der Waals surface area contributed by atoms with Crippen molar-refractivity contribution in [3.05, 3.63) is 22.7 Å². The van der Waals surface area contributed by atoms with Crippen LogP contribution < -0.4 is 10.6 Å². The molecule has 0 unspecified atom stereocenters. The van der Waals surface area contributed by atoms with Crippen molar-refractivity contribution in [3.8, 4) is 0 Å². The molecule has 3 heteroatoms. The molecule has 2 rings (SSSR count). The van der Waals surface area contributed by atoms with Gasteiger partial charge in [-0.2, -0.15) is 0 Å². The van der Waals surface area contributed by atoms with Crippen LogP contribution in [0.5, 0.6) is 0 Å². The lowest BCUT2D eigenvalue weighted by atomic mass is 10.0. The van der Waals surface area contributed by atoms with Gasteiger partial charge in [0.25, 0.3) is 0 Å². The second kappa shape index (κ2) is 3.22. The van der Waals surface area contributed by atoms with E-state index >= 15 is 0 Å². The molecule has 1 aliphatic heterocycles. The highest BCUT2D eigenvalue weighted by Gasteiger charge is 2.23. The zero-order chi connectivity index (χ0) is 9.42. The van der Waals surface area contributed by atoms with E-state index < -0.39 is 0 Å². The van der Waals surface area contributed by atoms with Gasteiger partial charge in [-0.1, -0.05) is 6.92 Å². The maximum atomic E-state index is 5.67. The number of nitrogen functional groups attached to an aromatic ring is 1. The van der Waals surface area contributed by atoms with Crippen LogP contribution in [-0.4, -0.2) is 13.1 Å². The molecule has 0 spiro atoms. The molecule has 70 valence electrons. The first-order valence-electron chi connectivity index (χ1n) is 4.47. The van der Waals surface area contributed by atoms with Crippen LogP contribution in [0.3, 0.4) is 0 Å². The van der Waals surface area contributed by atoms with Gasteiger partial charge in [0.1, 0.15) is 0 Å². The molecule has 2 N–H and O–H groups in total. The van der Waals surface area contributed by atoms with Gasteiger partial charge in [0, 0.05) is 23.2 Å². The molecule has 1 aliphatic rings. The Morgan fingerprint density at radius 3 is 2.69 bits per heavy atom. The van der Waals surface area contributed by atoms with Crippen molar-refractivity contribution >= 4 is 27.3 Å². The molecule has 0 amide bonds. The van der Waals surface area contributed by atoms with Crippen molar-refractivity contribution < 1.29 is 0 Å². The van der Waals surface area contributed by atoms with Gasteiger partial charge in [-0.25, -0.2) is 0 Å². The van der Waals surface area contributed by atoms with Crippen molar-refractivity contribution in [2.45, 2.75) is 6.92 Å². The van der Waals surface area contributed by atoms with E-state index in [1.165, 1.54) is 5.69 Å². The van der Waals surface area contributed by atoms with E-state index in [4.69, 9.17) is 5.73 Å². The number of benzene rings is 1. The quantitative estimate of drug-likeness (QED) is 0.765. The van der Waals surface area contributed by atoms with Gasteiger partial charge < -0.3 is 10.6 Å². The topological polar surface area (TPSA) is 29.3 Å². The molecule has 0 atom stereocenters. The van der Waals surface area contributed by atoms with Gasteiger partial charge in [-0.15, -0.1) is 0 Å². The summed E-state index contributed by atoms with van der Waals surface area (Å²) in [6, 6.07) is 5.98. The predicted octanol–water partition coefficient (Wildman–Crippen LogP) is 2.49. The third-order valence-electron chi connectivity index (χ3n) is 2.38. The third-order valence-corrected chi connectivity index (χ3v) is 3.01. The lowest BCUT2D eigenvalue weighted by Crippen LogP contribution is -2.45. The standard InChI is InChI=1S/C10H13BrN2/c1-7-5-13(6-7)10-3-2-8(12)4-9(10)11/h2-4,7H,5-6,12H2,1H3. The summed E-state index contributed by atoms with van der Waals surface area (Å²) in [6.07, 6.45) is 0. The average molecular weight is 241 g/mol. The number of hydrogen-bond donors (Lipinski definition) is 1. The molecule has 0 saturated carbocycles. The van der Waals surface area contributed by atoms with Gasteiger partial charge >= 0.3 is 0 Å². The SMILES string of the molecule is CC1CN(c2ccc(N)cc2Br)C1. The molecular formula is C10H13BrN2. The second-order valence-corrected chi connectivity index (χ2v) is 4.58. The highest BCUT2D eigenvalue weighted by Crippen LogP contribution is 2.32. The summed E-state index contributed by atoms with van der Waals surface area (Å²) in [4.78, 5) is 2.36. The molecule has 1 aromatic carbocycles. The minimum atomic E-state index is 0.809. The molecule has 1 aromatic rings. The van der Waals surface area contributed by atoms with Crippen LogP contribution in [0.25, 0.3) is 0 Å². The maximum absolute atomic E-state index is 5.67. The summed E-state index contributed by atoms with van der Waals surface area (Å²) < 4.78 is 1.10. The Hall–Kier alpha value is -0.700. The fraction of sp³-hybridized carbons (Fsp3) is 0.400. The van der Waals surface area contributed by atoms with Gasteiger partial charge in [0.05, 0.1) is 5.69 Å². The largest absolute Gasteiger partial charge is 0.399 e. The third kappa shape index (κ3) is 1.66. The lowest BCUT2D eigenvalue weighted by Gasteiger charge is -2.39. The van der Waals surface area contributed by atoms with Gasteiger partial charge in [-0.05, 0) is 40.0 Å². The molecule has 2 nitrogen and oxygen atoms in total. The summed E-state index contributed by atoms with van der Waals surface area (Å²) in [5, 5.41) is 0. The Balaban J connectivity index is 2.21. The number of nitrogens with zero attached hydrogens (tertiary/aromatic N) is 1. The summed E-state index contributed by atoms with van der Waals surface area (Å²) >= 11 is 3.52. The van der Waals surface area contributed by atoms with Crippen LogP contribution in [0.15, 0.2) is 22.7 Å². The Morgan fingerprint density at radius 2 is 2.15 bits per heavy atom. The minimum absolute atomic E-state index is 0.809. The van der Waals surface area contributed by atoms with E-state index in [1.54, 1.807) is 0 Å². The molecule has 0 radical (unpaired) electrons. The summed E-state index contributed by atoms with van der Waals surface area (Å²) in [5.41, 5.74) is 7.73. The highest BCUT2D eigenvalue weighted by molar-refractivity contribution is 9.10. The summed E-state index contributed by atoms with van der Waals surface area (Å²) in [5.74, 6) is 0.824. The van der Waals surface area contributed by atoms with Crippen molar-refractivity contribution in [1.29, 1.82) is 0 Å².